The number of benzene rings is 2. The summed E-state index contributed by atoms with van der Waals surface area (Å²) in [5.41, 5.74) is 0.494. The second kappa shape index (κ2) is 8.10. The van der Waals surface area contributed by atoms with E-state index in [0.29, 0.717) is 11.5 Å². The van der Waals surface area contributed by atoms with Gasteiger partial charge in [-0.05, 0) is 23.8 Å². The third kappa shape index (κ3) is 4.32. The van der Waals surface area contributed by atoms with E-state index >= 15 is 0 Å². The number of carbonyl (C=O) groups excluding carboxylic acids is 2. The topological polar surface area (TPSA) is 61.8 Å². The number of rotatable bonds is 7. The van der Waals surface area contributed by atoms with Gasteiger partial charge in [0.2, 0.25) is 5.78 Å². The quantitative estimate of drug-likeness (QED) is 0.576. The van der Waals surface area contributed by atoms with Crippen molar-refractivity contribution in [1.29, 1.82) is 0 Å². The summed E-state index contributed by atoms with van der Waals surface area (Å²) in [6, 6.07) is 10.6. The van der Waals surface area contributed by atoms with E-state index < -0.39 is 24.2 Å². The number of hydrogen-bond donors (Lipinski definition) is 0. The van der Waals surface area contributed by atoms with Crippen molar-refractivity contribution in [2.45, 2.75) is 6.42 Å². The first kappa shape index (κ1) is 17.5. The molecule has 5 nitrogen and oxygen atoms in total. The summed E-state index contributed by atoms with van der Waals surface area (Å²) >= 11 is 0. The lowest BCUT2D eigenvalue weighted by Crippen LogP contribution is -2.16. The van der Waals surface area contributed by atoms with Crippen molar-refractivity contribution in [3.8, 4) is 11.5 Å². The van der Waals surface area contributed by atoms with Gasteiger partial charge in [-0.1, -0.05) is 18.2 Å². The molecule has 0 atom stereocenters. The Morgan fingerprint density at radius 3 is 2.46 bits per heavy atom. The molecule has 2 aromatic carbocycles. The number of hydrogen-bond acceptors (Lipinski definition) is 5. The molecule has 0 fully saturated rings. The van der Waals surface area contributed by atoms with Crippen molar-refractivity contribution in [1.82, 2.24) is 0 Å². The van der Waals surface area contributed by atoms with Gasteiger partial charge in [-0.15, -0.1) is 0 Å². The number of methoxy groups -OCH3 is 2. The van der Waals surface area contributed by atoms with Gasteiger partial charge in [-0.25, -0.2) is 4.39 Å². The van der Waals surface area contributed by atoms with Crippen LogP contribution in [0.5, 0.6) is 11.5 Å². The highest BCUT2D eigenvalue weighted by atomic mass is 19.1. The van der Waals surface area contributed by atoms with Gasteiger partial charge in [0.25, 0.3) is 0 Å². The fourth-order valence-electron chi connectivity index (χ4n) is 2.10. The molecule has 0 aliphatic rings. The van der Waals surface area contributed by atoms with Crippen LogP contribution in [0, 0.1) is 5.82 Å². The monoisotopic (exact) mass is 332 g/mol. The molecule has 0 unspecified atom stereocenters. The Morgan fingerprint density at radius 1 is 1.04 bits per heavy atom. The van der Waals surface area contributed by atoms with E-state index in [4.69, 9.17) is 14.2 Å². The Kier molecular flexibility index (Phi) is 5.89. The molecule has 2 rings (SSSR count). The Morgan fingerprint density at radius 2 is 1.79 bits per heavy atom. The second-order valence-corrected chi connectivity index (χ2v) is 4.92. The van der Waals surface area contributed by atoms with Gasteiger partial charge in [0.1, 0.15) is 17.3 Å². The zero-order valence-electron chi connectivity index (χ0n) is 13.4. The van der Waals surface area contributed by atoms with Crippen LogP contribution in [-0.4, -0.2) is 32.6 Å². The van der Waals surface area contributed by atoms with E-state index in [-0.39, 0.29) is 17.5 Å². The minimum atomic E-state index is -0.680. The van der Waals surface area contributed by atoms with Crippen LogP contribution < -0.4 is 9.47 Å². The van der Waals surface area contributed by atoms with Crippen LogP contribution in [0.15, 0.2) is 42.5 Å². The molecule has 24 heavy (non-hydrogen) atoms. The largest absolute Gasteiger partial charge is 0.497 e. The maximum atomic E-state index is 13.5. The molecule has 0 bridgehead atoms. The zero-order chi connectivity index (χ0) is 17.5. The molecular formula is C18H17FO5. The number of halogens is 1. The lowest BCUT2D eigenvalue weighted by molar-refractivity contribution is -0.141. The van der Waals surface area contributed by atoms with Crippen molar-refractivity contribution >= 4 is 11.8 Å². The Balaban J connectivity index is 1.98. The molecule has 6 heteroatoms. The fourth-order valence-corrected chi connectivity index (χ4v) is 2.10. The van der Waals surface area contributed by atoms with Crippen LogP contribution in [0.1, 0.15) is 15.9 Å². The highest BCUT2D eigenvalue weighted by Crippen LogP contribution is 2.25. The standard InChI is InChI=1S/C18H17FO5/c1-22-13-7-8-14(17(10-13)23-2)16(20)11-24-18(21)9-12-5-3-4-6-15(12)19/h3-8,10H,9,11H2,1-2H3. The molecule has 0 aromatic heterocycles. The number of ketones is 1. The summed E-state index contributed by atoms with van der Waals surface area (Å²) in [6.07, 6.45) is -0.236. The van der Waals surface area contributed by atoms with Gasteiger partial charge in [0.15, 0.2) is 6.61 Å². The lowest BCUT2D eigenvalue weighted by atomic mass is 10.1. The van der Waals surface area contributed by atoms with E-state index in [0.717, 1.165) is 0 Å². The molecule has 0 heterocycles. The van der Waals surface area contributed by atoms with Crippen molar-refractivity contribution in [2.75, 3.05) is 20.8 Å². The van der Waals surface area contributed by atoms with Crippen LogP contribution in [0.3, 0.4) is 0 Å². The fraction of sp³-hybridized carbons (Fsp3) is 0.222. The van der Waals surface area contributed by atoms with E-state index in [9.17, 15) is 14.0 Å². The first-order valence-corrected chi connectivity index (χ1v) is 7.19. The summed E-state index contributed by atoms with van der Waals surface area (Å²) < 4.78 is 28.6. The third-order valence-electron chi connectivity index (χ3n) is 3.37. The molecule has 0 aliphatic heterocycles. The third-order valence-corrected chi connectivity index (χ3v) is 3.37. The normalized spacial score (nSPS) is 10.1. The van der Waals surface area contributed by atoms with Crippen molar-refractivity contribution in [3.63, 3.8) is 0 Å². The van der Waals surface area contributed by atoms with Gasteiger partial charge in [-0.2, -0.15) is 0 Å². The average molecular weight is 332 g/mol. The summed E-state index contributed by atoms with van der Waals surface area (Å²) in [4.78, 5) is 23.9. The highest BCUT2D eigenvalue weighted by Gasteiger charge is 2.16. The minimum absolute atomic E-state index is 0.219. The van der Waals surface area contributed by atoms with Gasteiger partial charge < -0.3 is 14.2 Å². The Bertz CT molecular complexity index is 742. The first-order valence-electron chi connectivity index (χ1n) is 7.19. The maximum Gasteiger partial charge on any atom is 0.310 e. The van der Waals surface area contributed by atoms with Crippen molar-refractivity contribution < 1.29 is 28.2 Å². The number of carbonyl (C=O) groups is 2. The van der Waals surface area contributed by atoms with Crippen LogP contribution in [0.4, 0.5) is 4.39 Å². The molecule has 0 saturated heterocycles. The van der Waals surface area contributed by atoms with Crippen LogP contribution in [0.2, 0.25) is 0 Å². The summed E-state index contributed by atoms with van der Waals surface area (Å²) in [6.45, 7) is -0.448. The van der Waals surface area contributed by atoms with Crippen LogP contribution in [-0.2, 0) is 16.0 Å². The number of esters is 1. The van der Waals surface area contributed by atoms with Gasteiger partial charge in [-0.3, -0.25) is 9.59 Å². The summed E-state index contributed by atoms with van der Waals surface area (Å²) in [5.74, 6) is -0.723. The molecule has 0 radical (unpaired) electrons. The molecule has 126 valence electrons. The molecule has 0 spiro atoms. The van der Waals surface area contributed by atoms with E-state index in [1.54, 1.807) is 18.2 Å². The number of Topliss-reactive ketones (excluding diaryl/α,β-unsaturated/α-hetero) is 1. The summed E-state index contributed by atoms with van der Waals surface area (Å²) in [7, 11) is 2.93. The average Bonchev–Trinajstić information content (AvgIpc) is 2.61. The van der Waals surface area contributed by atoms with Crippen molar-refractivity contribution in [3.05, 3.63) is 59.4 Å². The minimum Gasteiger partial charge on any atom is -0.497 e. The highest BCUT2D eigenvalue weighted by molar-refractivity contribution is 6.00. The Labute approximate surface area is 139 Å². The van der Waals surface area contributed by atoms with E-state index in [1.165, 1.54) is 38.5 Å². The van der Waals surface area contributed by atoms with Crippen LogP contribution in [0.25, 0.3) is 0 Å². The molecule has 0 aliphatic carbocycles. The predicted molar refractivity (Wildman–Crippen MR) is 84.9 cm³/mol. The SMILES string of the molecule is COc1ccc(C(=O)COC(=O)Cc2ccccc2F)c(OC)c1. The van der Waals surface area contributed by atoms with Crippen molar-refractivity contribution in [2.24, 2.45) is 0 Å². The molecule has 2 aromatic rings. The van der Waals surface area contributed by atoms with E-state index in [1.807, 2.05) is 0 Å². The van der Waals surface area contributed by atoms with E-state index in [2.05, 4.69) is 0 Å². The maximum absolute atomic E-state index is 13.5. The van der Waals surface area contributed by atoms with Gasteiger partial charge in [0.05, 0.1) is 26.2 Å². The van der Waals surface area contributed by atoms with Crippen LogP contribution >= 0.6 is 0 Å². The molecule has 0 saturated carbocycles. The van der Waals surface area contributed by atoms with Gasteiger partial charge >= 0.3 is 5.97 Å². The molecule has 0 N–H and O–H groups in total. The smallest absolute Gasteiger partial charge is 0.310 e. The van der Waals surface area contributed by atoms with Gasteiger partial charge in [0, 0.05) is 6.07 Å². The first-order chi connectivity index (χ1) is 11.5. The lowest BCUT2D eigenvalue weighted by Gasteiger charge is -2.10. The number of ether oxygens (including phenoxy) is 3. The predicted octanol–water partition coefficient (Wildman–Crippen LogP) is 2.81. The second-order valence-electron chi connectivity index (χ2n) is 4.92. The Hall–Kier alpha value is -2.89. The zero-order valence-corrected chi connectivity index (χ0v) is 13.4. The summed E-state index contributed by atoms with van der Waals surface area (Å²) in [5, 5.41) is 0. The molecular weight excluding hydrogens is 315 g/mol. The molecule has 0 amide bonds.